The van der Waals surface area contributed by atoms with Gasteiger partial charge in [0.2, 0.25) is 10.0 Å². The molecule has 2 N–H and O–H groups in total. The van der Waals surface area contributed by atoms with E-state index in [4.69, 9.17) is 5.73 Å². The van der Waals surface area contributed by atoms with Gasteiger partial charge < -0.3 is 5.73 Å². The van der Waals surface area contributed by atoms with E-state index < -0.39 is 10.0 Å². The molecule has 0 amide bonds. The van der Waals surface area contributed by atoms with Gasteiger partial charge in [0.05, 0.1) is 0 Å². The molecule has 1 fully saturated rings. The molecule has 0 spiro atoms. The van der Waals surface area contributed by atoms with Crippen LogP contribution in [0.15, 0.2) is 29.4 Å². The molecule has 0 aliphatic carbocycles. The highest BCUT2D eigenvalue weighted by Crippen LogP contribution is 2.19. The highest BCUT2D eigenvalue weighted by molar-refractivity contribution is 7.89. The van der Waals surface area contributed by atoms with Crippen molar-refractivity contribution in [2.75, 3.05) is 13.1 Å². The maximum Gasteiger partial charge on any atom is 0.244 e. The first-order valence-electron chi connectivity index (χ1n) is 4.76. The highest BCUT2D eigenvalue weighted by Gasteiger charge is 2.30. The zero-order valence-electron chi connectivity index (χ0n) is 8.20. The molecule has 0 aromatic carbocycles. The van der Waals surface area contributed by atoms with Gasteiger partial charge in [-0.2, -0.15) is 4.31 Å². The zero-order chi connectivity index (χ0) is 10.9. The van der Waals surface area contributed by atoms with Crippen LogP contribution in [-0.4, -0.2) is 36.8 Å². The molecule has 6 heteroatoms. The standard InChI is InChI=1S/C9H13N3O2S/c10-8-3-5-12(7-8)15(13,14)9-2-1-4-11-6-9/h1-2,4,6,8H,3,5,7,10H2/t8-/m1/s1. The third kappa shape index (κ3) is 2.01. The minimum atomic E-state index is -3.38. The number of hydrogen-bond donors (Lipinski definition) is 1. The summed E-state index contributed by atoms with van der Waals surface area (Å²) in [4.78, 5) is 4.04. The lowest BCUT2D eigenvalue weighted by Crippen LogP contribution is -2.31. The summed E-state index contributed by atoms with van der Waals surface area (Å²) in [6, 6.07) is 3.12. The third-order valence-corrected chi connectivity index (χ3v) is 4.31. The van der Waals surface area contributed by atoms with Crippen molar-refractivity contribution in [3.05, 3.63) is 24.5 Å². The highest BCUT2D eigenvalue weighted by atomic mass is 32.2. The van der Waals surface area contributed by atoms with E-state index in [-0.39, 0.29) is 10.9 Å². The molecule has 0 bridgehead atoms. The van der Waals surface area contributed by atoms with Crippen LogP contribution in [0.2, 0.25) is 0 Å². The van der Waals surface area contributed by atoms with Gasteiger partial charge in [-0.15, -0.1) is 0 Å². The lowest BCUT2D eigenvalue weighted by molar-refractivity contribution is 0.472. The Bertz CT molecular complexity index is 432. The predicted molar refractivity (Wildman–Crippen MR) is 55.6 cm³/mol. The molecule has 15 heavy (non-hydrogen) atoms. The molecule has 1 aliphatic rings. The number of hydrogen-bond acceptors (Lipinski definition) is 4. The molecule has 2 heterocycles. The Morgan fingerprint density at radius 2 is 2.33 bits per heavy atom. The number of sulfonamides is 1. The van der Waals surface area contributed by atoms with Crippen molar-refractivity contribution >= 4 is 10.0 Å². The molecule has 0 radical (unpaired) electrons. The summed E-state index contributed by atoms with van der Waals surface area (Å²) in [7, 11) is -3.38. The van der Waals surface area contributed by atoms with Gasteiger partial charge in [-0.25, -0.2) is 8.42 Å². The lowest BCUT2D eigenvalue weighted by Gasteiger charge is -2.15. The SMILES string of the molecule is N[C@@H]1CCN(S(=O)(=O)c2cccnc2)C1. The van der Waals surface area contributed by atoms with E-state index in [9.17, 15) is 8.42 Å². The molecular weight excluding hydrogens is 214 g/mol. The van der Waals surface area contributed by atoms with Crippen molar-refractivity contribution in [1.29, 1.82) is 0 Å². The van der Waals surface area contributed by atoms with Gasteiger partial charge >= 0.3 is 0 Å². The Kier molecular flexibility index (Phi) is 2.72. The summed E-state index contributed by atoms with van der Waals surface area (Å²) in [5.41, 5.74) is 5.68. The maximum absolute atomic E-state index is 12.0. The summed E-state index contributed by atoms with van der Waals surface area (Å²) >= 11 is 0. The second-order valence-corrected chi connectivity index (χ2v) is 5.54. The molecule has 0 saturated carbocycles. The largest absolute Gasteiger partial charge is 0.326 e. The van der Waals surface area contributed by atoms with E-state index >= 15 is 0 Å². The number of aromatic nitrogens is 1. The smallest absolute Gasteiger partial charge is 0.244 e. The van der Waals surface area contributed by atoms with Crippen LogP contribution in [-0.2, 0) is 10.0 Å². The van der Waals surface area contributed by atoms with E-state index in [1.54, 1.807) is 18.3 Å². The monoisotopic (exact) mass is 227 g/mol. The van der Waals surface area contributed by atoms with Crippen molar-refractivity contribution in [2.45, 2.75) is 17.4 Å². The molecule has 1 saturated heterocycles. The predicted octanol–water partition coefficient (Wildman–Crippen LogP) is -0.197. The first-order chi connectivity index (χ1) is 7.10. The van der Waals surface area contributed by atoms with E-state index in [1.165, 1.54) is 10.5 Å². The number of rotatable bonds is 2. The average Bonchev–Trinajstić information content (AvgIpc) is 2.67. The van der Waals surface area contributed by atoms with Crippen LogP contribution >= 0.6 is 0 Å². The summed E-state index contributed by atoms with van der Waals surface area (Å²) in [6.45, 7) is 0.898. The Morgan fingerprint density at radius 3 is 2.87 bits per heavy atom. The van der Waals surface area contributed by atoms with Crippen LogP contribution < -0.4 is 5.73 Å². The maximum atomic E-state index is 12.0. The van der Waals surface area contributed by atoms with Crippen molar-refractivity contribution in [2.24, 2.45) is 5.73 Å². The second-order valence-electron chi connectivity index (χ2n) is 3.60. The van der Waals surface area contributed by atoms with Crippen molar-refractivity contribution < 1.29 is 8.42 Å². The van der Waals surface area contributed by atoms with Crippen LogP contribution in [0.5, 0.6) is 0 Å². The fraction of sp³-hybridized carbons (Fsp3) is 0.444. The molecule has 1 aliphatic heterocycles. The topological polar surface area (TPSA) is 76.3 Å². The molecule has 1 aromatic rings. The summed E-state index contributed by atoms with van der Waals surface area (Å²) in [5, 5.41) is 0. The van der Waals surface area contributed by atoms with E-state index in [0.717, 1.165) is 6.42 Å². The number of nitrogens with zero attached hydrogens (tertiary/aromatic N) is 2. The fourth-order valence-electron chi connectivity index (χ4n) is 1.62. The number of nitrogens with two attached hydrogens (primary N) is 1. The van der Waals surface area contributed by atoms with Crippen molar-refractivity contribution in [3.63, 3.8) is 0 Å². The van der Waals surface area contributed by atoms with Gasteiger partial charge in [0.25, 0.3) is 0 Å². The zero-order valence-corrected chi connectivity index (χ0v) is 9.02. The summed E-state index contributed by atoms with van der Waals surface area (Å²) in [5.74, 6) is 0. The normalized spacial score (nSPS) is 23.1. The van der Waals surface area contributed by atoms with Gasteiger partial charge in [0.1, 0.15) is 4.90 Å². The first-order valence-corrected chi connectivity index (χ1v) is 6.20. The summed E-state index contributed by atoms with van der Waals surface area (Å²) in [6.07, 6.45) is 3.63. The van der Waals surface area contributed by atoms with Crippen LogP contribution in [0.3, 0.4) is 0 Å². The van der Waals surface area contributed by atoms with Crippen LogP contribution in [0, 0.1) is 0 Å². The van der Waals surface area contributed by atoms with Gasteiger partial charge in [0, 0.05) is 31.5 Å². The van der Waals surface area contributed by atoms with Gasteiger partial charge in [-0.3, -0.25) is 4.98 Å². The fourth-order valence-corrected chi connectivity index (χ4v) is 3.10. The minimum Gasteiger partial charge on any atom is -0.326 e. The average molecular weight is 227 g/mol. The minimum absolute atomic E-state index is 0.0450. The van der Waals surface area contributed by atoms with Crippen LogP contribution in [0.1, 0.15) is 6.42 Å². The molecule has 2 rings (SSSR count). The quantitative estimate of drug-likeness (QED) is 0.759. The van der Waals surface area contributed by atoms with Crippen molar-refractivity contribution in [1.82, 2.24) is 9.29 Å². The number of pyridine rings is 1. The Labute approximate surface area is 89.0 Å². The van der Waals surface area contributed by atoms with E-state index in [2.05, 4.69) is 4.98 Å². The third-order valence-electron chi connectivity index (χ3n) is 2.46. The van der Waals surface area contributed by atoms with Crippen LogP contribution in [0.25, 0.3) is 0 Å². The van der Waals surface area contributed by atoms with E-state index in [0.29, 0.717) is 13.1 Å². The van der Waals surface area contributed by atoms with Crippen LogP contribution in [0.4, 0.5) is 0 Å². The molecule has 1 aromatic heterocycles. The lowest BCUT2D eigenvalue weighted by atomic mass is 10.3. The summed E-state index contributed by atoms with van der Waals surface area (Å²) < 4.78 is 25.4. The molecule has 1 atom stereocenters. The van der Waals surface area contributed by atoms with Gasteiger partial charge in [-0.05, 0) is 18.6 Å². The second kappa shape index (κ2) is 3.88. The van der Waals surface area contributed by atoms with Gasteiger partial charge in [0.15, 0.2) is 0 Å². The molecule has 82 valence electrons. The Hall–Kier alpha value is -0.980. The van der Waals surface area contributed by atoms with E-state index in [1.807, 2.05) is 0 Å². The Morgan fingerprint density at radius 1 is 1.53 bits per heavy atom. The molecule has 0 unspecified atom stereocenters. The van der Waals surface area contributed by atoms with Gasteiger partial charge in [-0.1, -0.05) is 0 Å². The molecule has 5 nitrogen and oxygen atoms in total. The van der Waals surface area contributed by atoms with Crippen molar-refractivity contribution in [3.8, 4) is 0 Å². The Balaban J connectivity index is 2.28. The first kappa shape index (κ1) is 10.5. The molecular formula is C9H13N3O2S.